The quantitative estimate of drug-likeness (QED) is 0.812. The molecule has 2 rings (SSSR count). The summed E-state index contributed by atoms with van der Waals surface area (Å²) in [5.41, 5.74) is 7.74. The van der Waals surface area contributed by atoms with Crippen LogP contribution in [-0.2, 0) is 6.54 Å². The number of unbranched alkanes of at least 4 members (excludes halogenated alkanes) is 1. The van der Waals surface area contributed by atoms with Gasteiger partial charge in [-0.25, -0.2) is 4.79 Å². The second kappa shape index (κ2) is 5.95. The number of hydrogen-bond donors (Lipinski definition) is 1. The summed E-state index contributed by atoms with van der Waals surface area (Å²) in [6.45, 7) is 5.09. The Hall–Kier alpha value is -1.71. The summed E-state index contributed by atoms with van der Waals surface area (Å²) in [7, 11) is 0. The van der Waals surface area contributed by atoms with E-state index < -0.39 is 0 Å². The highest BCUT2D eigenvalue weighted by atomic mass is 16.4. The number of nitrogens with zero attached hydrogens (tertiary/aromatic N) is 1. The van der Waals surface area contributed by atoms with Gasteiger partial charge in [-0.3, -0.25) is 4.57 Å². The zero-order valence-corrected chi connectivity index (χ0v) is 11.7. The number of aromatic nitrogens is 1. The van der Waals surface area contributed by atoms with Gasteiger partial charge in [0.05, 0.1) is 5.52 Å². The molecule has 0 bridgehead atoms. The Balaban J connectivity index is 2.28. The van der Waals surface area contributed by atoms with Gasteiger partial charge in [0.2, 0.25) is 0 Å². The molecule has 1 aromatic carbocycles. The lowest BCUT2D eigenvalue weighted by Gasteiger charge is -2.14. The van der Waals surface area contributed by atoms with Gasteiger partial charge in [0, 0.05) is 18.3 Å². The van der Waals surface area contributed by atoms with Crippen molar-refractivity contribution >= 4 is 16.8 Å². The third-order valence-electron chi connectivity index (χ3n) is 3.68. The number of anilines is 1. The van der Waals surface area contributed by atoms with Crippen molar-refractivity contribution in [3.63, 3.8) is 0 Å². The number of benzene rings is 1. The molecule has 0 fully saturated rings. The summed E-state index contributed by atoms with van der Waals surface area (Å²) in [6, 6.07) is 5.38. The summed E-state index contributed by atoms with van der Waals surface area (Å²) >= 11 is 0. The Morgan fingerprint density at radius 2 is 2.16 bits per heavy atom. The van der Waals surface area contributed by atoms with Crippen LogP contribution in [0.25, 0.3) is 11.1 Å². The fourth-order valence-electron chi connectivity index (χ4n) is 2.43. The highest BCUT2D eigenvalue weighted by Gasteiger charge is 2.14. The minimum absolute atomic E-state index is 0.282. The molecule has 1 atom stereocenters. The Kier molecular flexibility index (Phi) is 4.30. The van der Waals surface area contributed by atoms with Crippen molar-refractivity contribution < 1.29 is 4.42 Å². The second-order valence-corrected chi connectivity index (χ2v) is 5.12. The third kappa shape index (κ3) is 3.00. The molecular formula is C15H22N2O2. The Labute approximate surface area is 113 Å². The molecule has 2 aromatic rings. The van der Waals surface area contributed by atoms with Crippen LogP contribution in [0.15, 0.2) is 27.4 Å². The maximum Gasteiger partial charge on any atom is 0.419 e. The van der Waals surface area contributed by atoms with E-state index in [0.29, 0.717) is 17.2 Å². The van der Waals surface area contributed by atoms with Crippen LogP contribution in [0.3, 0.4) is 0 Å². The minimum atomic E-state index is -0.282. The molecule has 0 saturated carbocycles. The molecule has 1 aromatic heterocycles. The van der Waals surface area contributed by atoms with Crippen molar-refractivity contribution in [2.24, 2.45) is 5.92 Å². The number of rotatable bonds is 6. The van der Waals surface area contributed by atoms with Crippen LogP contribution >= 0.6 is 0 Å². The minimum Gasteiger partial charge on any atom is -0.408 e. The average molecular weight is 262 g/mol. The zero-order valence-electron chi connectivity index (χ0n) is 11.7. The first kappa shape index (κ1) is 13.7. The molecule has 104 valence electrons. The van der Waals surface area contributed by atoms with E-state index in [2.05, 4.69) is 13.8 Å². The second-order valence-electron chi connectivity index (χ2n) is 5.12. The van der Waals surface area contributed by atoms with E-state index in [1.54, 1.807) is 16.7 Å². The van der Waals surface area contributed by atoms with Gasteiger partial charge in [0.25, 0.3) is 0 Å². The summed E-state index contributed by atoms with van der Waals surface area (Å²) in [5.74, 6) is 0.242. The molecule has 2 N–H and O–H groups in total. The van der Waals surface area contributed by atoms with Gasteiger partial charge in [-0.2, -0.15) is 0 Å². The van der Waals surface area contributed by atoms with Crippen LogP contribution in [0.2, 0.25) is 0 Å². The monoisotopic (exact) mass is 262 g/mol. The molecule has 0 spiro atoms. The van der Waals surface area contributed by atoms with Gasteiger partial charge >= 0.3 is 5.76 Å². The van der Waals surface area contributed by atoms with Crippen molar-refractivity contribution in [1.82, 2.24) is 4.57 Å². The van der Waals surface area contributed by atoms with E-state index in [-0.39, 0.29) is 5.76 Å². The maximum atomic E-state index is 11.9. The van der Waals surface area contributed by atoms with Gasteiger partial charge < -0.3 is 10.2 Å². The molecule has 4 heteroatoms. The summed E-state index contributed by atoms with van der Waals surface area (Å²) in [6.07, 6.45) is 4.62. The number of fused-ring (bicyclic) bond motifs is 1. The first-order valence-corrected chi connectivity index (χ1v) is 7.04. The average Bonchev–Trinajstić information content (AvgIpc) is 2.69. The van der Waals surface area contributed by atoms with E-state index in [0.717, 1.165) is 24.9 Å². The van der Waals surface area contributed by atoms with Crippen LogP contribution in [0.5, 0.6) is 0 Å². The lowest BCUT2D eigenvalue weighted by Crippen LogP contribution is -2.19. The fraction of sp³-hybridized carbons (Fsp3) is 0.533. The molecule has 0 amide bonds. The highest BCUT2D eigenvalue weighted by molar-refractivity contribution is 5.76. The molecule has 0 saturated heterocycles. The standard InChI is InChI=1S/C15H22N2O2/c1-3-5-6-11(4-2)10-17-13-8-7-12(16)9-14(13)19-15(17)18/h7-9,11H,3-6,10,16H2,1-2H3. The van der Waals surface area contributed by atoms with Gasteiger partial charge in [0.1, 0.15) is 0 Å². The first-order valence-electron chi connectivity index (χ1n) is 7.04. The molecule has 4 nitrogen and oxygen atoms in total. The molecular weight excluding hydrogens is 240 g/mol. The van der Waals surface area contributed by atoms with E-state index in [9.17, 15) is 4.79 Å². The number of nitrogen functional groups attached to an aromatic ring is 1. The van der Waals surface area contributed by atoms with Crippen LogP contribution in [0.1, 0.15) is 39.5 Å². The fourth-order valence-corrected chi connectivity index (χ4v) is 2.43. The Bertz CT molecular complexity index is 598. The zero-order chi connectivity index (χ0) is 13.8. The topological polar surface area (TPSA) is 61.2 Å². The van der Waals surface area contributed by atoms with E-state index in [4.69, 9.17) is 10.2 Å². The van der Waals surface area contributed by atoms with Gasteiger partial charge in [-0.05, 0) is 24.5 Å². The Morgan fingerprint density at radius 1 is 1.37 bits per heavy atom. The van der Waals surface area contributed by atoms with Crippen LogP contribution in [0.4, 0.5) is 5.69 Å². The van der Waals surface area contributed by atoms with Crippen molar-refractivity contribution in [3.05, 3.63) is 28.7 Å². The molecule has 0 radical (unpaired) electrons. The first-order chi connectivity index (χ1) is 9.15. The largest absolute Gasteiger partial charge is 0.419 e. The van der Waals surface area contributed by atoms with E-state index in [1.165, 1.54) is 12.8 Å². The van der Waals surface area contributed by atoms with E-state index >= 15 is 0 Å². The summed E-state index contributed by atoms with van der Waals surface area (Å²) in [4.78, 5) is 11.9. The van der Waals surface area contributed by atoms with Crippen LogP contribution in [-0.4, -0.2) is 4.57 Å². The SMILES string of the molecule is CCCCC(CC)Cn1c(=O)oc2cc(N)ccc21. The molecule has 0 aliphatic carbocycles. The predicted octanol–water partition coefficient (Wildman–Crippen LogP) is 3.39. The third-order valence-corrected chi connectivity index (χ3v) is 3.68. The van der Waals surface area contributed by atoms with E-state index in [1.807, 2.05) is 6.07 Å². The summed E-state index contributed by atoms with van der Waals surface area (Å²) < 4.78 is 6.99. The predicted molar refractivity (Wildman–Crippen MR) is 78.2 cm³/mol. The lowest BCUT2D eigenvalue weighted by atomic mass is 9.99. The Morgan fingerprint density at radius 3 is 2.84 bits per heavy atom. The van der Waals surface area contributed by atoms with Crippen LogP contribution < -0.4 is 11.5 Å². The smallest absolute Gasteiger partial charge is 0.408 e. The maximum absolute atomic E-state index is 11.9. The normalized spacial score (nSPS) is 12.9. The van der Waals surface area contributed by atoms with Crippen molar-refractivity contribution in [1.29, 1.82) is 0 Å². The van der Waals surface area contributed by atoms with Crippen LogP contribution in [0, 0.1) is 5.92 Å². The van der Waals surface area contributed by atoms with Gasteiger partial charge in [0.15, 0.2) is 5.58 Å². The van der Waals surface area contributed by atoms with Gasteiger partial charge in [-0.15, -0.1) is 0 Å². The molecule has 0 aliphatic rings. The number of hydrogen-bond acceptors (Lipinski definition) is 3. The number of oxazole rings is 1. The molecule has 0 aliphatic heterocycles. The van der Waals surface area contributed by atoms with Crippen molar-refractivity contribution in [2.75, 3.05) is 5.73 Å². The molecule has 1 unspecified atom stereocenters. The summed E-state index contributed by atoms with van der Waals surface area (Å²) in [5, 5.41) is 0. The highest BCUT2D eigenvalue weighted by Crippen LogP contribution is 2.20. The molecule has 19 heavy (non-hydrogen) atoms. The lowest BCUT2D eigenvalue weighted by molar-refractivity contribution is 0.374. The number of nitrogens with two attached hydrogens (primary N) is 1. The molecule has 1 heterocycles. The van der Waals surface area contributed by atoms with Crippen molar-refractivity contribution in [3.8, 4) is 0 Å². The van der Waals surface area contributed by atoms with Gasteiger partial charge in [-0.1, -0.05) is 33.1 Å². The van der Waals surface area contributed by atoms with Crippen molar-refractivity contribution in [2.45, 2.75) is 46.1 Å².